The third-order valence-electron chi connectivity index (χ3n) is 2.56. The number of nitrogens with two attached hydrogens (primary N) is 1. The number of ether oxygens (including phenoxy) is 1. The van der Waals surface area contributed by atoms with E-state index in [1.165, 1.54) is 5.56 Å². The van der Waals surface area contributed by atoms with E-state index in [9.17, 15) is 0 Å². The molecule has 96 valence electrons. The van der Waals surface area contributed by atoms with Crippen LogP contribution >= 0.6 is 0 Å². The van der Waals surface area contributed by atoms with Crippen molar-refractivity contribution in [2.24, 2.45) is 7.05 Å². The van der Waals surface area contributed by atoms with E-state index >= 15 is 0 Å². The number of hydrogen-bond acceptors (Lipinski definition) is 5. The van der Waals surface area contributed by atoms with Crippen molar-refractivity contribution < 1.29 is 4.74 Å². The zero-order valence-corrected chi connectivity index (χ0v) is 10.6. The van der Waals surface area contributed by atoms with E-state index in [0.717, 1.165) is 18.8 Å². The molecule has 2 aromatic rings. The van der Waals surface area contributed by atoms with Crippen molar-refractivity contribution in [3.8, 4) is 5.88 Å². The van der Waals surface area contributed by atoms with Crippen molar-refractivity contribution in [3.63, 3.8) is 0 Å². The van der Waals surface area contributed by atoms with Gasteiger partial charge in [-0.1, -0.05) is 0 Å². The molecule has 0 saturated carbocycles. The van der Waals surface area contributed by atoms with Gasteiger partial charge in [0.1, 0.15) is 5.82 Å². The second-order valence-corrected chi connectivity index (χ2v) is 3.99. The molecule has 0 amide bonds. The van der Waals surface area contributed by atoms with Crippen LogP contribution in [0.3, 0.4) is 0 Å². The van der Waals surface area contributed by atoms with Crippen molar-refractivity contribution in [3.05, 3.63) is 30.1 Å². The lowest BCUT2D eigenvalue weighted by atomic mass is 10.2. The van der Waals surface area contributed by atoms with Gasteiger partial charge in [-0.25, -0.2) is 0 Å². The van der Waals surface area contributed by atoms with Gasteiger partial charge in [-0.2, -0.15) is 10.1 Å². The van der Waals surface area contributed by atoms with Crippen LogP contribution in [0.15, 0.2) is 24.5 Å². The average Bonchev–Trinajstić information content (AvgIpc) is 2.77. The van der Waals surface area contributed by atoms with Crippen LogP contribution in [-0.4, -0.2) is 28.4 Å². The van der Waals surface area contributed by atoms with E-state index in [-0.39, 0.29) is 0 Å². The van der Waals surface area contributed by atoms with Crippen molar-refractivity contribution in [1.29, 1.82) is 0 Å². The minimum absolute atomic E-state index is 0.446. The number of nitrogens with one attached hydrogen (secondary N) is 1. The minimum Gasteiger partial charge on any atom is -0.479 e. The summed E-state index contributed by atoms with van der Waals surface area (Å²) in [4.78, 5) is 4.25. The number of anilines is 2. The lowest BCUT2D eigenvalue weighted by Crippen LogP contribution is -2.07. The molecule has 0 spiro atoms. The summed E-state index contributed by atoms with van der Waals surface area (Å²) in [5, 5.41) is 7.34. The molecule has 3 N–H and O–H groups in total. The maximum absolute atomic E-state index is 5.70. The molecule has 2 rings (SSSR count). The van der Waals surface area contributed by atoms with E-state index < -0.39 is 0 Å². The molecular formula is C12H17N5O. The number of hydrogen-bond donors (Lipinski definition) is 2. The van der Waals surface area contributed by atoms with Crippen LogP contribution in [0, 0.1) is 0 Å². The molecule has 0 saturated heterocycles. The number of pyridine rings is 1. The molecule has 2 heterocycles. The lowest BCUT2D eigenvalue weighted by Gasteiger charge is -2.08. The third kappa shape index (κ3) is 2.91. The molecule has 6 nitrogen and oxygen atoms in total. The summed E-state index contributed by atoms with van der Waals surface area (Å²) in [6, 6.07) is 3.61. The standard InChI is InChI=1S/C12H17N5O/c1-17-8-9(7-15-17)5-6-14-11-4-3-10(13)12(16-11)18-2/h3-4,7-8H,5-6,13H2,1-2H3,(H,14,16). The summed E-state index contributed by atoms with van der Waals surface area (Å²) in [5.41, 5.74) is 7.42. The Balaban J connectivity index is 1.90. The van der Waals surface area contributed by atoms with E-state index in [4.69, 9.17) is 10.5 Å². The molecule has 0 aliphatic heterocycles. The number of aryl methyl sites for hydroxylation is 1. The highest BCUT2D eigenvalue weighted by molar-refractivity contribution is 5.53. The Morgan fingerprint density at radius 3 is 2.94 bits per heavy atom. The zero-order chi connectivity index (χ0) is 13.0. The highest BCUT2D eigenvalue weighted by atomic mass is 16.5. The van der Waals surface area contributed by atoms with Gasteiger partial charge in [-0.15, -0.1) is 0 Å². The topological polar surface area (TPSA) is 78.0 Å². The first kappa shape index (κ1) is 12.2. The van der Waals surface area contributed by atoms with Gasteiger partial charge in [0, 0.05) is 19.8 Å². The lowest BCUT2D eigenvalue weighted by molar-refractivity contribution is 0.401. The van der Waals surface area contributed by atoms with Gasteiger partial charge >= 0.3 is 0 Å². The van der Waals surface area contributed by atoms with Gasteiger partial charge in [0.05, 0.1) is 19.0 Å². The predicted molar refractivity (Wildman–Crippen MR) is 70.6 cm³/mol. The zero-order valence-electron chi connectivity index (χ0n) is 10.6. The molecule has 0 bridgehead atoms. The first-order chi connectivity index (χ1) is 8.69. The molecule has 0 aliphatic carbocycles. The Labute approximate surface area is 106 Å². The van der Waals surface area contributed by atoms with Gasteiger partial charge in [0.15, 0.2) is 0 Å². The molecule has 0 radical (unpaired) electrons. The number of nitrogens with zero attached hydrogens (tertiary/aromatic N) is 3. The molecule has 0 aromatic carbocycles. The van der Waals surface area contributed by atoms with Gasteiger partial charge < -0.3 is 15.8 Å². The van der Waals surface area contributed by atoms with Gasteiger partial charge in [0.2, 0.25) is 5.88 Å². The first-order valence-electron chi connectivity index (χ1n) is 5.71. The summed E-state index contributed by atoms with van der Waals surface area (Å²) in [7, 11) is 3.46. The third-order valence-corrected chi connectivity index (χ3v) is 2.56. The number of rotatable bonds is 5. The maximum Gasteiger partial charge on any atom is 0.238 e. The predicted octanol–water partition coefficient (Wildman–Crippen LogP) is 1.06. The Morgan fingerprint density at radius 1 is 1.44 bits per heavy atom. The summed E-state index contributed by atoms with van der Waals surface area (Å²) in [5.74, 6) is 1.20. The van der Waals surface area contributed by atoms with Crippen molar-refractivity contribution in [2.75, 3.05) is 24.7 Å². The summed E-state index contributed by atoms with van der Waals surface area (Å²) in [6.45, 7) is 0.783. The monoisotopic (exact) mass is 247 g/mol. The van der Waals surface area contributed by atoms with Crippen LogP contribution in [-0.2, 0) is 13.5 Å². The van der Waals surface area contributed by atoms with Crippen molar-refractivity contribution in [2.45, 2.75) is 6.42 Å². The molecular weight excluding hydrogens is 230 g/mol. The van der Waals surface area contributed by atoms with Crippen LogP contribution < -0.4 is 15.8 Å². The molecule has 0 fully saturated rings. The van der Waals surface area contributed by atoms with Crippen molar-refractivity contribution in [1.82, 2.24) is 14.8 Å². The van der Waals surface area contributed by atoms with Crippen LogP contribution in [0.1, 0.15) is 5.56 Å². The molecule has 0 unspecified atom stereocenters. The number of aromatic nitrogens is 3. The second kappa shape index (κ2) is 5.39. The molecule has 0 atom stereocenters. The van der Waals surface area contributed by atoms with Crippen LogP contribution in [0.25, 0.3) is 0 Å². The summed E-state index contributed by atoms with van der Waals surface area (Å²) < 4.78 is 6.86. The normalized spacial score (nSPS) is 10.3. The second-order valence-electron chi connectivity index (χ2n) is 3.99. The van der Waals surface area contributed by atoms with Gasteiger partial charge in [0.25, 0.3) is 0 Å². The van der Waals surface area contributed by atoms with E-state index in [0.29, 0.717) is 11.6 Å². The van der Waals surface area contributed by atoms with Gasteiger partial charge in [-0.05, 0) is 24.1 Å². The largest absolute Gasteiger partial charge is 0.479 e. The quantitative estimate of drug-likeness (QED) is 0.826. The summed E-state index contributed by atoms with van der Waals surface area (Å²) >= 11 is 0. The fourth-order valence-electron chi connectivity index (χ4n) is 1.65. The fraction of sp³-hybridized carbons (Fsp3) is 0.333. The number of nitrogen functional groups attached to an aromatic ring is 1. The SMILES string of the molecule is COc1nc(NCCc2cnn(C)c2)ccc1N. The molecule has 0 aliphatic rings. The summed E-state index contributed by atoms with van der Waals surface area (Å²) in [6.07, 6.45) is 4.75. The Bertz CT molecular complexity index is 523. The van der Waals surface area contributed by atoms with Crippen molar-refractivity contribution >= 4 is 11.5 Å². The molecule has 18 heavy (non-hydrogen) atoms. The Morgan fingerprint density at radius 2 is 2.28 bits per heavy atom. The van der Waals surface area contributed by atoms with Crippen LogP contribution in [0.5, 0.6) is 5.88 Å². The Kier molecular flexibility index (Phi) is 3.66. The highest BCUT2D eigenvalue weighted by Crippen LogP contribution is 2.19. The highest BCUT2D eigenvalue weighted by Gasteiger charge is 2.02. The van der Waals surface area contributed by atoms with E-state index in [2.05, 4.69) is 15.4 Å². The minimum atomic E-state index is 0.446. The van der Waals surface area contributed by atoms with Crippen LogP contribution in [0.4, 0.5) is 11.5 Å². The average molecular weight is 247 g/mol. The maximum atomic E-state index is 5.70. The van der Waals surface area contributed by atoms with E-state index in [1.807, 2.05) is 25.5 Å². The first-order valence-corrected chi connectivity index (χ1v) is 5.71. The molecule has 2 aromatic heterocycles. The smallest absolute Gasteiger partial charge is 0.238 e. The van der Waals surface area contributed by atoms with E-state index in [1.54, 1.807) is 17.9 Å². The fourth-order valence-corrected chi connectivity index (χ4v) is 1.65. The Hall–Kier alpha value is -2.24. The number of methoxy groups -OCH3 is 1. The van der Waals surface area contributed by atoms with Gasteiger partial charge in [-0.3, -0.25) is 4.68 Å². The van der Waals surface area contributed by atoms with Crippen LogP contribution in [0.2, 0.25) is 0 Å². The molecule has 6 heteroatoms.